The van der Waals surface area contributed by atoms with E-state index in [1.807, 2.05) is 49.5 Å². The Morgan fingerprint density at radius 3 is 2.34 bits per heavy atom. The molecule has 0 aliphatic carbocycles. The number of imidazole rings is 1. The Morgan fingerprint density at radius 2 is 1.64 bits per heavy atom. The summed E-state index contributed by atoms with van der Waals surface area (Å²) in [4.78, 5) is 25.4. The van der Waals surface area contributed by atoms with E-state index in [9.17, 15) is 10.2 Å². The number of pyridine rings is 1. The van der Waals surface area contributed by atoms with Gasteiger partial charge >= 0.3 is 0 Å². The summed E-state index contributed by atoms with van der Waals surface area (Å²) < 4.78 is 13.4. The fourth-order valence-electron chi connectivity index (χ4n) is 7.71. The zero-order valence-corrected chi connectivity index (χ0v) is 31.0. The molecule has 0 radical (unpaired) electrons. The Kier molecular flexibility index (Phi) is 10.1. The summed E-state index contributed by atoms with van der Waals surface area (Å²) >= 11 is 0. The van der Waals surface area contributed by atoms with E-state index in [0.717, 1.165) is 37.6 Å². The summed E-state index contributed by atoms with van der Waals surface area (Å²) in [6.07, 6.45) is -0.307. The first-order chi connectivity index (χ1) is 27.5. The zero-order valence-electron chi connectivity index (χ0n) is 31.0. The van der Waals surface area contributed by atoms with Crippen molar-refractivity contribution >= 4 is 34.4 Å². The van der Waals surface area contributed by atoms with Crippen molar-refractivity contribution in [3.8, 4) is 0 Å². The van der Waals surface area contributed by atoms with E-state index >= 15 is 0 Å². The minimum atomic E-state index is -1.31. The van der Waals surface area contributed by atoms with Crippen LogP contribution in [-0.4, -0.2) is 119 Å². The molecule has 17 heteroatoms. The summed E-state index contributed by atoms with van der Waals surface area (Å²) in [6, 6.07) is 25.0. The highest BCUT2D eigenvalue weighted by Crippen LogP contribution is 2.39. The van der Waals surface area contributed by atoms with Crippen LogP contribution in [0.1, 0.15) is 48.5 Å². The maximum absolute atomic E-state index is 11.3. The van der Waals surface area contributed by atoms with Crippen LogP contribution >= 0.6 is 0 Å². The second-order valence-corrected chi connectivity index (χ2v) is 14.3. The van der Waals surface area contributed by atoms with Gasteiger partial charge in [-0.05, 0) is 41.8 Å². The van der Waals surface area contributed by atoms with E-state index in [1.165, 1.54) is 15.9 Å². The lowest BCUT2D eigenvalue weighted by Crippen LogP contribution is -2.36. The molecule has 9 rings (SSSR count). The number of hydrogen-bond acceptors (Lipinski definition) is 15. The number of aromatic nitrogens is 9. The van der Waals surface area contributed by atoms with Gasteiger partial charge in [0, 0.05) is 44.7 Å². The Balaban J connectivity index is 1.01. The average Bonchev–Trinajstić information content (AvgIpc) is 4.07. The molecule has 3 fully saturated rings. The van der Waals surface area contributed by atoms with E-state index in [1.54, 1.807) is 10.9 Å². The van der Waals surface area contributed by atoms with E-state index < -0.39 is 24.5 Å². The molecule has 4 N–H and O–H groups in total. The van der Waals surface area contributed by atoms with Crippen molar-refractivity contribution in [2.45, 2.75) is 56.4 Å². The highest BCUT2D eigenvalue weighted by atomic mass is 16.6. The number of anilines is 4. The smallest absolute Gasteiger partial charge is 0.229 e. The monoisotopic (exact) mass is 759 g/mol. The van der Waals surface area contributed by atoms with E-state index in [-0.39, 0.29) is 17.8 Å². The molecule has 290 valence electrons. The highest BCUT2D eigenvalue weighted by molar-refractivity contribution is 5.84. The number of aliphatic hydroxyl groups excluding tert-OH is 2. The maximum atomic E-state index is 11.3. The Labute approximate surface area is 323 Å². The van der Waals surface area contributed by atoms with Crippen molar-refractivity contribution in [3.63, 3.8) is 0 Å². The Morgan fingerprint density at radius 1 is 0.875 bits per heavy atom. The lowest BCUT2D eigenvalue weighted by atomic mass is 9.91. The third kappa shape index (κ3) is 7.21. The van der Waals surface area contributed by atoms with Gasteiger partial charge in [0.15, 0.2) is 29.3 Å². The predicted molar refractivity (Wildman–Crippen MR) is 208 cm³/mol. The van der Waals surface area contributed by atoms with E-state index in [4.69, 9.17) is 29.4 Å². The van der Waals surface area contributed by atoms with Crippen LogP contribution in [-0.2, 0) is 16.0 Å². The van der Waals surface area contributed by atoms with Gasteiger partial charge in [-0.3, -0.25) is 4.57 Å². The van der Waals surface area contributed by atoms with Crippen LogP contribution in [0.3, 0.4) is 0 Å². The van der Waals surface area contributed by atoms with Crippen LogP contribution in [0.2, 0.25) is 0 Å². The summed E-state index contributed by atoms with van der Waals surface area (Å²) in [5, 5.41) is 42.1. The van der Waals surface area contributed by atoms with Gasteiger partial charge in [-0.15, -0.1) is 10.2 Å². The van der Waals surface area contributed by atoms with Gasteiger partial charge < -0.3 is 40.1 Å². The fraction of sp³-hybridized carbons (Fsp3) is 0.410. The second-order valence-electron chi connectivity index (χ2n) is 14.3. The molecule has 0 amide bonds. The molecule has 0 saturated carbocycles. The molecule has 0 unspecified atom stereocenters. The first-order valence-corrected chi connectivity index (χ1v) is 19.2. The molecule has 6 aromatic rings. The molecule has 17 nitrogen and oxygen atoms in total. The van der Waals surface area contributed by atoms with Crippen molar-refractivity contribution < 1.29 is 19.7 Å². The van der Waals surface area contributed by atoms with Gasteiger partial charge in [-0.2, -0.15) is 14.8 Å². The molecular formula is C39H45N13O4. The Hall–Kier alpha value is -5.75. The number of fused-ring (bicyclic) bond motifs is 1. The number of hydrogen-bond donors (Lipinski definition) is 4. The van der Waals surface area contributed by atoms with Crippen molar-refractivity contribution in [3.05, 3.63) is 102 Å². The molecule has 3 aliphatic rings. The number of nitrogens with one attached hydrogen (secondary N) is 2. The van der Waals surface area contributed by atoms with Crippen molar-refractivity contribution in [1.82, 2.24) is 44.7 Å². The summed E-state index contributed by atoms with van der Waals surface area (Å²) in [7, 11) is 0. The van der Waals surface area contributed by atoms with Gasteiger partial charge in [0.25, 0.3) is 0 Å². The number of aryl methyl sites for hydroxylation is 1. The minimum Gasteiger partial charge on any atom is -0.387 e. The molecule has 56 heavy (non-hydrogen) atoms. The lowest BCUT2D eigenvalue weighted by molar-refractivity contribution is -0.0384. The van der Waals surface area contributed by atoms with Crippen LogP contribution < -0.4 is 20.4 Å². The SMILES string of the molecule is CCn1nnc([C@H]2O[C@@H](n3cnc4c(NCC(c5ccccc5)c5ccccc5)nc(N5CC[C@@H](Nc6ccc(N7CCOCC7)nc6)C5)nc43)[C@H](O)[C@@H]2O)n1. The third-order valence-corrected chi connectivity index (χ3v) is 10.7. The van der Waals surface area contributed by atoms with Gasteiger partial charge in [-0.25, -0.2) is 9.97 Å². The first-order valence-electron chi connectivity index (χ1n) is 19.2. The van der Waals surface area contributed by atoms with Gasteiger partial charge in [0.1, 0.15) is 18.0 Å². The molecule has 4 aromatic heterocycles. The van der Waals surface area contributed by atoms with Crippen molar-refractivity contribution in [1.29, 1.82) is 0 Å². The number of benzene rings is 2. The lowest BCUT2D eigenvalue weighted by Gasteiger charge is -2.28. The maximum Gasteiger partial charge on any atom is 0.229 e. The van der Waals surface area contributed by atoms with Crippen LogP contribution in [0.5, 0.6) is 0 Å². The average molecular weight is 760 g/mol. The summed E-state index contributed by atoms with van der Waals surface area (Å²) in [5.41, 5.74) is 4.25. The van der Waals surface area contributed by atoms with Gasteiger partial charge in [0.2, 0.25) is 11.8 Å². The minimum absolute atomic E-state index is 0.0245. The molecule has 0 spiro atoms. The van der Waals surface area contributed by atoms with Crippen molar-refractivity contribution in [2.24, 2.45) is 0 Å². The number of tetrazole rings is 1. The number of aliphatic hydroxyl groups is 2. The number of ether oxygens (including phenoxy) is 2. The van der Waals surface area contributed by atoms with E-state index in [2.05, 4.69) is 72.2 Å². The summed E-state index contributed by atoms with van der Waals surface area (Å²) in [5.74, 6) is 2.23. The second kappa shape index (κ2) is 15.8. The van der Waals surface area contributed by atoms with Crippen LogP contribution in [0.25, 0.3) is 11.2 Å². The standard InChI is InChI=1S/C39H45N13O4/c1-2-52-47-36(46-48-52)34-32(53)33(54)38(56-34)51-24-42-31-35(41-22-29(25-9-5-3-6-10-25)26-11-7-4-8-12-26)44-39(45-37(31)51)50-16-15-28(23-50)43-27-13-14-30(40-21-27)49-17-19-55-20-18-49/h3-14,21,24,28-29,32-34,38,43,53-54H,2,15-20,22-23H2,1H3,(H,41,44,45)/t28-,32+,33-,34+,38-/m1/s1. The predicted octanol–water partition coefficient (Wildman–Crippen LogP) is 2.99. The van der Waals surface area contributed by atoms with Crippen LogP contribution in [0.15, 0.2) is 85.3 Å². The van der Waals surface area contributed by atoms with Crippen LogP contribution in [0.4, 0.5) is 23.3 Å². The quantitative estimate of drug-likeness (QED) is 0.142. The highest BCUT2D eigenvalue weighted by Gasteiger charge is 2.47. The number of nitrogens with zero attached hydrogens (tertiary/aromatic N) is 11. The fourth-order valence-corrected chi connectivity index (χ4v) is 7.71. The first kappa shape index (κ1) is 35.9. The normalized spacial score (nSPS) is 22.7. The number of rotatable bonds is 12. The largest absolute Gasteiger partial charge is 0.387 e. The molecule has 5 atom stereocenters. The van der Waals surface area contributed by atoms with E-state index in [0.29, 0.717) is 55.8 Å². The number of morpholine rings is 1. The molecule has 3 aliphatic heterocycles. The van der Waals surface area contributed by atoms with Crippen molar-refractivity contribution in [2.75, 3.05) is 66.4 Å². The third-order valence-electron chi connectivity index (χ3n) is 10.7. The van der Waals surface area contributed by atoms with Gasteiger partial charge in [0.05, 0.1) is 38.0 Å². The molecule has 2 aromatic carbocycles. The molecular weight excluding hydrogens is 715 g/mol. The zero-order chi connectivity index (χ0) is 38.0. The van der Waals surface area contributed by atoms with Crippen LogP contribution in [0, 0.1) is 0 Å². The molecule has 7 heterocycles. The topological polar surface area (TPSA) is 190 Å². The summed E-state index contributed by atoms with van der Waals surface area (Å²) in [6.45, 7) is 7.39. The molecule has 3 saturated heterocycles. The Bertz CT molecular complexity index is 2180. The van der Waals surface area contributed by atoms with Gasteiger partial charge in [-0.1, -0.05) is 60.7 Å². The molecule has 0 bridgehead atoms.